The van der Waals surface area contributed by atoms with Crippen molar-refractivity contribution in [1.29, 1.82) is 5.26 Å². The van der Waals surface area contributed by atoms with Gasteiger partial charge in [-0.1, -0.05) is 31.6 Å². The Labute approximate surface area is 86.4 Å². The van der Waals surface area contributed by atoms with E-state index in [4.69, 9.17) is 5.26 Å². The van der Waals surface area contributed by atoms with Crippen LogP contribution in [0.4, 0.5) is 0 Å². The van der Waals surface area contributed by atoms with Gasteiger partial charge in [0, 0.05) is 6.08 Å². The van der Waals surface area contributed by atoms with Gasteiger partial charge in [-0.15, -0.1) is 0 Å². The highest BCUT2D eigenvalue weighted by molar-refractivity contribution is 5.39. The van der Waals surface area contributed by atoms with E-state index in [2.05, 4.69) is 32.1 Å². The zero-order chi connectivity index (χ0) is 10.6. The summed E-state index contributed by atoms with van der Waals surface area (Å²) in [7, 11) is 0. The number of nitrogens with zero attached hydrogens (tertiary/aromatic N) is 1. The second kappa shape index (κ2) is 4.81. The van der Waals surface area contributed by atoms with Crippen molar-refractivity contribution >= 4 is 0 Å². The zero-order valence-corrected chi connectivity index (χ0v) is 9.17. The van der Waals surface area contributed by atoms with Crippen LogP contribution in [-0.2, 0) is 0 Å². The van der Waals surface area contributed by atoms with Gasteiger partial charge in [0.2, 0.25) is 0 Å². The minimum atomic E-state index is 0.646. The lowest BCUT2D eigenvalue weighted by Crippen LogP contribution is -2.00. The summed E-state index contributed by atoms with van der Waals surface area (Å²) >= 11 is 0. The maximum atomic E-state index is 8.54. The first kappa shape index (κ1) is 10.8. The lowest BCUT2D eigenvalue weighted by molar-refractivity contribution is 0.702. The summed E-state index contributed by atoms with van der Waals surface area (Å²) in [6.45, 7) is 6.45. The van der Waals surface area contributed by atoms with Crippen molar-refractivity contribution in [2.45, 2.75) is 33.6 Å². The first-order valence-electron chi connectivity index (χ1n) is 5.11. The molecule has 0 bridgehead atoms. The highest BCUT2D eigenvalue weighted by atomic mass is 14.2. The van der Waals surface area contributed by atoms with Crippen molar-refractivity contribution in [2.75, 3.05) is 0 Å². The molecule has 0 N–H and O–H groups in total. The smallest absolute Gasteiger partial charge is 0.0914 e. The standard InChI is InChI=1S/C13H17N/c1-10(2)12-4-6-13(7-5-12)11(3)8-9-14/h4,6,8,10H,5,7H2,1-3H3/b11-8+. The molecule has 0 unspecified atom stereocenters. The van der Waals surface area contributed by atoms with Crippen LogP contribution < -0.4 is 0 Å². The molecule has 1 aliphatic carbocycles. The Hall–Kier alpha value is -1.29. The fourth-order valence-electron chi connectivity index (χ4n) is 1.65. The van der Waals surface area contributed by atoms with Crippen molar-refractivity contribution in [3.63, 3.8) is 0 Å². The van der Waals surface area contributed by atoms with Crippen LogP contribution in [0.5, 0.6) is 0 Å². The molecule has 1 heteroatoms. The summed E-state index contributed by atoms with van der Waals surface area (Å²) in [5, 5.41) is 8.54. The summed E-state index contributed by atoms with van der Waals surface area (Å²) in [5.74, 6) is 0.646. The Morgan fingerprint density at radius 1 is 1.43 bits per heavy atom. The van der Waals surface area contributed by atoms with Gasteiger partial charge >= 0.3 is 0 Å². The van der Waals surface area contributed by atoms with Gasteiger partial charge in [0.05, 0.1) is 6.07 Å². The third-order valence-corrected chi connectivity index (χ3v) is 2.71. The molecule has 0 spiro atoms. The van der Waals surface area contributed by atoms with E-state index < -0.39 is 0 Å². The van der Waals surface area contributed by atoms with Crippen LogP contribution >= 0.6 is 0 Å². The topological polar surface area (TPSA) is 23.8 Å². The molecule has 0 aromatic heterocycles. The third-order valence-electron chi connectivity index (χ3n) is 2.71. The number of hydrogen-bond acceptors (Lipinski definition) is 1. The molecule has 0 radical (unpaired) electrons. The first-order valence-corrected chi connectivity index (χ1v) is 5.11. The van der Waals surface area contributed by atoms with Crippen molar-refractivity contribution in [3.05, 3.63) is 34.9 Å². The lowest BCUT2D eigenvalue weighted by Gasteiger charge is -2.17. The van der Waals surface area contributed by atoms with E-state index in [1.165, 1.54) is 11.1 Å². The molecular formula is C13H17N. The predicted octanol–water partition coefficient (Wildman–Crippen LogP) is 3.76. The van der Waals surface area contributed by atoms with Gasteiger partial charge in [-0.05, 0) is 36.8 Å². The predicted molar refractivity (Wildman–Crippen MR) is 59.6 cm³/mol. The fourth-order valence-corrected chi connectivity index (χ4v) is 1.65. The summed E-state index contributed by atoms with van der Waals surface area (Å²) in [5.41, 5.74) is 3.92. The van der Waals surface area contributed by atoms with Gasteiger partial charge in [0.25, 0.3) is 0 Å². The van der Waals surface area contributed by atoms with E-state index in [0.29, 0.717) is 5.92 Å². The summed E-state index contributed by atoms with van der Waals surface area (Å²) < 4.78 is 0. The molecule has 0 atom stereocenters. The number of hydrogen-bond donors (Lipinski definition) is 0. The molecule has 74 valence electrons. The van der Waals surface area contributed by atoms with E-state index in [1.54, 1.807) is 6.08 Å². The highest BCUT2D eigenvalue weighted by Gasteiger charge is 2.09. The van der Waals surface area contributed by atoms with E-state index in [-0.39, 0.29) is 0 Å². The summed E-state index contributed by atoms with van der Waals surface area (Å²) in [4.78, 5) is 0. The Kier molecular flexibility index (Phi) is 3.71. The van der Waals surface area contributed by atoms with Gasteiger partial charge in [0.15, 0.2) is 0 Å². The van der Waals surface area contributed by atoms with Crippen LogP contribution in [-0.4, -0.2) is 0 Å². The van der Waals surface area contributed by atoms with E-state index in [9.17, 15) is 0 Å². The SMILES string of the molecule is C/C(=C\C#N)C1=CC=C(C(C)C)CC1. The molecule has 0 saturated carbocycles. The number of nitriles is 1. The second-order valence-corrected chi connectivity index (χ2v) is 4.04. The van der Waals surface area contributed by atoms with E-state index in [1.807, 2.05) is 6.92 Å². The van der Waals surface area contributed by atoms with Crippen LogP contribution in [0, 0.1) is 17.2 Å². The molecule has 0 saturated heterocycles. The molecule has 1 rings (SSSR count). The Bertz CT molecular complexity index is 335. The first-order chi connectivity index (χ1) is 6.65. The Balaban J connectivity index is 2.80. The van der Waals surface area contributed by atoms with Crippen LogP contribution in [0.25, 0.3) is 0 Å². The van der Waals surface area contributed by atoms with E-state index in [0.717, 1.165) is 18.4 Å². The molecular weight excluding hydrogens is 170 g/mol. The Morgan fingerprint density at radius 3 is 2.57 bits per heavy atom. The Morgan fingerprint density at radius 2 is 2.14 bits per heavy atom. The van der Waals surface area contributed by atoms with Crippen molar-refractivity contribution in [1.82, 2.24) is 0 Å². The molecule has 0 aliphatic heterocycles. The zero-order valence-electron chi connectivity index (χ0n) is 9.17. The summed E-state index contributed by atoms with van der Waals surface area (Å²) in [6.07, 6.45) is 8.20. The largest absolute Gasteiger partial charge is 0.193 e. The molecule has 0 aromatic rings. The third kappa shape index (κ3) is 2.60. The van der Waals surface area contributed by atoms with Crippen molar-refractivity contribution in [3.8, 4) is 6.07 Å². The van der Waals surface area contributed by atoms with Crippen LogP contribution in [0.1, 0.15) is 33.6 Å². The molecule has 1 aliphatic rings. The molecule has 1 nitrogen and oxygen atoms in total. The van der Waals surface area contributed by atoms with Crippen LogP contribution in [0.3, 0.4) is 0 Å². The average molecular weight is 187 g/mol. The van der Waals surface area contributed by atoms with Gasteiger partial charge in [-0.3, -0.25) is 0 Å². The lowest BCUT2D eigenvalue weighted by atomic mass is 9.89. The van der Waals surface area contributed by atoms with E-state index >= 15 is 0 Å². The molecule has 0 amide bonds. The maximum absolute atomic E-state index is 8.54. The van der Waals surface area contributed by atoms with Gasteiger partial charge < -0.3 is 0 Å². The van der Waals surface area contributed by atoms with Gasteiger partial charge in [-0.25, -0.2) is 0 Å². The number of allylic oxidation sites excluding steroid dienone is 6. The minimum absolute atomic E-state index is 0.646. The normalized spacial score (nSPS) is 17.5. The quantitative estimate of drug-likeness (QED) is 0.604. The monoisotopic (exact) mass is 187 g/mol. The molecule has 0 heterocycles. The van der Waals surface area contributed by atoms with Gasteiger partial charge in [-0.2, -0.15) is 5.26 Å². The van der Waals surface area contributed by atoms with Crippen LogP contribution in [0.2, 0.25) is 0 Å². The van der Waals surface area contributed by atoms with Crippen molar-refractivity contribution in [2.24, 2.45) is 5.92 Å². The minimum Gasteiger partial charge on any atom is -0.193 e. The second-order valence-electron chi connectivity index (χ2n) is 4.04. The molecule has 14 heavy (non-hydrogen) atoms. The highest BCUT2D eigenvalue weighted by Crippen LogP contribution is 2.27. The maximum Gasteiger partial charge on any atom is 0.0914 e. The van der Waals surface area contributed by atoms with Gasteiger partial charge in [0.1, 0.15) is 0 Å². The molecule has 0 fully saturated rings. The fraction of sp³-hybridized carbons (Fsp3) is 0.462. The number of rotatable bonds is 2. The molecule has 0 aromatic carbocycles. The average Bonchev–Trinajstić information content (AvgIpc) is 2.18. The van der Waals surface area contributed by atoms with Crippen molar-refractivity contribution < 1.29 is 0 Å². The summed E-state index contributed by atoms with van der Waals surface area (Å²) in [6, 6.07) is 2.08. The van der Waals surface area contributed by atoms with Crippen LogP contribution in [0.15, 0.2) is 34.9 Å².